The second-order valence-corrected chi connectivity index (χ2v) is 12.4. The van der Waals surface area contributed by atoms with E-state index < -0.39 is 23.7 Å². The van der Waals surface area contributed by atoms with Crippen LogP contribution in [0.3, 0.4) is 0 Å². The summed E-state index contributed by atoms with van der Waals surface area (Å²) < 4.78 is 44.7. The number of carbonyl (C=O) groups is 1. The van der Waals surface area contributed by atoms with Crippen LogP contribution in [0.2, 0.25) is 0 Å². The molecule has 226 valence electrons. The van der Waals surface area contributed by atoms with Gasteiger partial charge in [-0.25, -0.2) is 0 Å². The molecule has 0 aliphatic carbocycles. The summed E-state index contributed by atoms with van der Waals surface area (Å²) in [6, 6.07) is 10.1. The molecule has 0 bridgehead atoms. The standard InChI is InChI=1S/C29H37F2N7O3S/c1-35-12-10-24(11-13-35)36(2)26-16-21(20-8-14-38(15-9-20)42(3)40)5-7-25(26)37(19-39)18-23-6-4-22(17-32-23)28-33-34-29(41-28)27(30)31/h4-7,16-17,19-20,24,27H,8-15,18H2,1-3H3. The number of amides is 1. The summed E-state index contributed by atoms with van der Waals surface area (Å²) in [4.78, 5) is 23.2. The van der Waals surface area contributed by atoms with E-state index >= 15 is 0 Å². The molecule has 1 aromatic carbocycles. The monoisotopic (exact) mass is 601 g/mol. The molecule has 0 spiro atoms. The molecule has 3 aromatic rings. The summed E-state index contributed by atoms with van der Waals surface area (Å²) in [5.41, 5.74) is 4.06. The van der Waals surface area contributed by atoms with Gasteiger partial charge < -0.3 is 23.7 Å². The molecule has 5 rings (SSSR count). The van der Waals surface area contributed by atoms with E-state index in [1.165, 1.54) is 11.8 Å². The fraction of sp³-hybridized carbons (Fsp3) is 0.517. The Balaban J connectivity index is 1.39. The predicted octanol–water partition coefficient (Wildman–Crippen LogP) is 4.24. The Labute approximate surface area is 248 Å². The third-order valence-electron chi connectivity index (χ3n) is 8.37. The second-order valence-electron chi connectivity index (χ2n) is 11.0. The highest BCUT2D eigenvalue weighted by Gasteiger charge is 2.29. The first-order chi connectivity index (χ1) is 20.2. The SMILES string of the molecule is CN1CCC(N(C)c2cc(C3CCN([S+](C)[O-])CC3)ccc2N(C=O)Cc2ccc(-c3nnc(C(F)F)o3)cn2)CC1. The summed E-state index contributed by atoms with van der Waals surface area (Å²) in [6.07, 6.45) is 5.11. The smallest absolute Gasteiger partial charge is 0.314 e. The molecule has 0 radical (unpaired) electrons. The van der Waals surface area contributed by atoms with Crippen LogP contribution in [0.15, 0.2) is 40.9 Å². The highest BCUT2D eigenvalue weighted by molar-refractivity contribution is 7.88. The van der Waals surface area contributed by atoms with Gasteiger partial charge >= 0.3 is 6.43 Å². The van der Waals surface area contributed by atoms with Crippen LogP contribution in [-0.4, -0.2) is 87.9 Å². The fourth-order valence-electron chi connectivity index (χ4n) is 5.78. The van der Waals surface area contributed by atoms with Gasteiger partial charge in [0.2, 0.25) is 12.3 Å². The number of rotatable bonds is 10. The highest BCUT2D eigenvalue weighted by Crippen LogP contribution is 2.38. The Kier molecular flexibility index (Phi) is 9.71. The van der Waals surface area contributed by atoms with E-state index in [9.17, 15) is 18.1 Å². The fourth-order valence-corrected chi connectivity index (χ4v) is 6.51. The lowest BCUT2D eigenvalue weighted by Crippen LogP contribution is -2.42. The van der Waals surface area contributed by atoms with Gasteiger partial charge in [-0.05, 0) is 81.6 Å². The van der Waals surface area contributed by atoms with Crippen molar-refractivity contribution >= 4 is 29.1 Å². The third kappa shape index (κ3) is 6.91. The number of hydrogen-bond acceptors (Lipinski definition) is 9. The predicted molar refractivity (Wildman–Crippen MR) is 158 cm³/mol. The van der Waals surface area contributed by atoms with Gasteiger partial charge in [0.15, 0.2) is 0 Å². The van der Waals surface area contributed by atoms with Crippen LogP contribution in [0.4, 0.5) is 20.2 Å². The van der Waals surface area contributed by atoms with Crippen molar-refractivity contribution < 1.29 is 22.5 Å². The van der Waals surface area contributed by atoms with Crippen LogP contribution in [0.5, 0.6) is 0 Å². The molecule has 2 saturated heterocycles. The van der Waals surface area contributed by atoms with Gasteiger partial charge in [-0.15, -0.1) is 14.5 Å². The van der Waals surface area contributed by atoms with Crippen molar-refractivity contribution in [3.05, 3.63) is 53.7 Å². The maximum absolute atomic E-state index is 12.8. The van der Waals surface area contributed by atoms with Crippen molar-refractivity contribution in [3.63, 3.8) is 0 Å². The summed E-state index contributed by atoms with van der Waals surface area (Å²) in [7, 11) is 4.25. The number of likely N-dealkylation sites (tertiary alicyclic amines) is 1. The molecule has 1 unspecified atom stereocenters. The minimum Gasteiger partial charge on any atom is -0.598 e. The Morgan fingerprint density at radius 1 is 1.10 bits per heavy atom. The molecule has 42 heavy (non-hydrogen) atoms. The van der Waals surface area contributed by atoms with E-state index in [0.717, 1.165) is 69.6 Å². The zero-order valence-corrected chi connectivity index (χ0v) is 25.0. The molecule has 0 saturated carbocycles. The molecule has 2 fully saturated rings. The first-order valence-electron chi connectivity index (χ1n) is 14.2. The number of alkyl halides is 2. The Morgan fingerprint density at radius 2 is 1.83 bits per heavy atom. The molecular weight excluding hydrogens is 564 g/mol. The average Bonchev–Trinajstić information content (AvgIpc) is 3.51. The lowest BCUT2D eigenvalue weighted by Gasteiger charge is -2.38. The number of pyridine rings is 1. The second kappa shape index (κ2) is 13.4. The van der Waals surface area contributed by atoms with Gasteiger partial charge in [-0.2, -0.15) is 8.78 Å². The van der Waals surface area contributed by atoms with Crippen LogP contribution < -0.4 is 9.80 Å². The quantitative estimate of drug-likeness (QED) is 0.249. The highest BCUT2D eigenvalue weighted by atomic mass is 32.2. The summed E-state index contributed by atoms with van der Waals surface area (Å²) in [5.74, 6) is -0.417. The van der Waals surface area contributed by atoms with Crippen LogP contribution in [-0.2, 0) is 22.7 Å². The number of halogens is 2. The maximum atomic E-state index is 12.8. The molecule has 13 heteroatoms. The Morgan fingerprint density at radius 3 is 2.43 bits per heavy atom. The van der Waals surface area contributed by atoms with Crippen LogP contribution in [0.1, 0.15) is 55.2 Å². The topological polar surface area (TPSA) is 105 Å². The number of carbonyl (C=O) groups excluding carboxylic acids is 1. The third-order valence-corrected chi connectivity index (χ3v) is 9.46. The Bertz CT molecular complexity index is 1330. The first kappa shape index (κ1) is 30.3. The van der Waals surface area contributed by atoms with Crippen molar-refractivity contribution in [2.45, 2.75) is 50.6 Å². The van der Waals surface area contributed by atoms with E-state index in [1.54, 1.807) is 23.3 Å². The van der Waals surface area contributed by atoms with Crippen molar-refractivity contribution in [3.8, 4) is 11.5 Å². The molecular formula is C29H37F2N7O3S. The van der Waals surface area contributed by atoms with Gasteiger partial charge in [0.25, 0.3) is 5.89 Å². The minimum atomic E-state index is -2.84. The van der Waals surface area contributed by atoms with Gasteiger partial charge in [-0.3, -0.25) is 9.78 Å². The van der Waals surface area contributed by atoms with Crippen molar-refractivity contribution in [1.29, 1.82) is 0 Å². The van der Waals surface area contributed by atoms with Crippen LogP contribution in [0, 0.1) is 0 Å². The summed E-state index contributed by atoms with van der Waals surface area (Å²) >= 11 is -0.958. The number of piperidine rings is 2. The number of benzene rings is 1. The van der Waals surface area contributed by atoms with E-state index in [2.05, 4.69) is 51.2 Å². The molecule has 1 amide bonds. The summed E-state index contributed by atoms with van der Waals surface area (Å²) in [6.45, 7) is 3.85. The molecule has 4 heterocycles. The largest absolute Gasteiger partial charge is 0.598 e. The Hall–Kier alpha value is -3.13. The van der Waals surface area contributed by atoms with Crippen LogP contribution >= 0.6 is 0 Å². The molecule has 2 aliphatic rings. The van der Waals surface area contributed by atoms with Crippen LogP contribution in [0.25, 0.3) is 11.5 Å². The minimum absolute atomic E-state index is 0.0368. The maximum Gasteiger partial charge on any atom is 0.314 e. The van der Waals surface area contributed by atoms with Crippen molar-refractivity contribution in [2.24, 2.45) is 0 Å². The zero-order chi connectivity index (χ0) is 29.8. The normalized spacial score (nSPS) is 18.4. The van der Waals surface area contributed by atoms with Gasteiger partial charge in [0.1, 0.15) is 6.26 Å². The first-order valence-corrected chi connectivity index (χ1v) is 15.7. The molecule has 2 aromatic heterocycles. The number of anilines is 2. The lowest BCUT2D eigenvalue weighted by atomic mass is 9.89. The molecule has 1 atom stereocenters. The number of aromatic nitrogens is 3. The van der Waals surface area contributed by atoms with E-state index in [4.69, 9.17) is 4.42 Å². The van der Waals surface area contributed by atoms with E-state index in [0.29, 0.717) is 23.2 Å². The van der Waals surface area contributed by atoms with Crippen molar-refractivity contribution in [1.82, 2.24) is 24.4 Å². The lowest BCUT2D eigenvalue weighted by molar-refractivity contribution is -0.107. The zero-order valence-electron chi connectivity index (χ0n) is 24.2. The average molecular weight is 602 g/mol. The molecule has 10 nitrogen and oxygen atoms in total. The van der Waals surface area contributed by atoms with Gasteiger partial charge in [0.05, 0.1) is 29.2 Å². The molecule has 0 N–H and O–H groups in total. The number of nitrogens with zero attached hydrogens (tertiary/aromatic N) is 7. The van der Waals surface area contributed by atoms with Gasteiger partial charge in [0, 0.05) is 43.7 Å². The van der Waals surface area contributed by atoms with Gasteiger partial charge in [-0.1, -0.05) is 6.07 Å². The molecule has 2 aliphatic heterocycles. The van der Waals surface area contributed by atoms with E-state index in [-0.39, 0.29) is 12.4 Å². The van der Waals surface area contributed by atoms with Crippen molar-refractivity contribution in [2.75, 3.05) is 56.3 Å². The number of hydrogen-bond donors (Lipinski definition) is 0. The summed E-state index contributed by atoms with van der Waals surface area (Å²) in [5, 5.41) is 7.04. The van der Waals surface area contributed by atoms with E-state index in [1.807, 2.05) is 10.4 Å².